The fourth-order valence-corrected chi connectivity index (χ4v) is 1.89. The Bertz CT molecular complexity index is 584. The molecule has 124 valence electrons. The number of carboxylic acid groups (broad SMARTS) is 1. The van der Waals surface area contributed by atoms with Gasteiger partial charge >= 0.3 is 12.1 Å². The lowest BCUT2D eigenvalue weighted by Gasteiger charge is -2.24. The molecular weight excluding hydrogens is 298 g/mol. The number of hydrogen-bond donors (Lipinski definition) is 2. The van der Waals surface area contributed by atoms with E-state index in [2.05, 4.69) is 4.99 Å². The molecule has 0 aliphatic heterocycles. The van der Waals surface area contributed by atoms with Crippen LogP contribution >= 0.6 is 0 Å². The first kappa shape index (κ1) is 18.2. The van der Waals surface area contributed by atoms with Gasteiger partial charge in [-0.3, -0.25) is 9.89 Å². The molecular formula is C16H21N3O4. The molecule has 0 aromatic heterocycles. The fraction of sp³-hybridized carbons (Fsp3) is 0.312. The number of nitrogens with zero attached hydrogens (tertiary/aromatic N) is 2. The number of carbonyl (C=O) groups is 2. The molecule has 0 radical (unpaired) electrons. The predicted molar refractivity (Wildman–Crippen MR) is 87.1 cm³/mol. The van der Waals surface area contributed by atoms with Crippen LogP contribution in [0.1, 0.15) is 12.0 Å². The molecule has 0 bridgehead atoms. The average molecular weight is 319 g/mol. The minimum atomic E-state index is -1.15. The molecule has 7 nitrogen and oxygen atoms in total. The van der Waals surface area contributed by atoms with E-state index in [1.807, 2.05) is 30.3 Å². The van der Waals surface area contributed by atoms with E-state index in [0.29, 0.717) is 5.57 Å². The Morgan fingerprint density at radius 3 is 2.57 bits per heavy atom. The monoisotopic (exact) mass is 319 g/mol. The summed E-state index contributed by atoms with van der Waals surface area (Å²) in [5.41, 5.74) is 6.77. The second kappa shape index (κ2) is 9.24. The molecule has 1 atom stereocenters. The predicted octanol–water partition coefficient (Wildman–Crippen LogP) is 1.64. The van der Waals surface area contributed by atoms with Crippen molar-refractivity contribution in [2.24, 2.45) is 10.7 Å². The van der Waals surface area contributed by atoms with Crippen LogP contribution in [0, 0.1) is 0 Å². The topological polar surface area (TPSA) is 105 Å². The fourth-order valence-electron chi connectivity index (χ4n) is 1.89. The van der Waals surface area contributed by atoms with Crippen molar-refractivity contribution in [3.63, 3.8) is 0 Å². The Hall–Kier alpha value is -2.83. The van der Waals surface area contributed by atoms with Crippen molar-refractivity contribution in [3.8, 4) is 0 Å². The van der Waals surface area contributed by atoms with Crippen LogP contribution in [0.15, 0.2) is 47.1 Å². The molecule has 7 heteroatoms. The third kappa shape index (κ3) is 5.82. The number of amides is 1. The van der Waals surface area contributed by atoms with Gasteiger partial charge < -0.3 is 15.6 Å². The second-order valence-electron chi connectivity index (χ2n) is 4.84. The summed E-state index contributed by atoms with van der Waals surface area (Å²) in [6.45, 7) is 0.0758. The third-order valence-corrected chi connectivity index (χ3v) is 3.18. The Balaban J connectivity index is 2.70. The van der Waals surface area contributed by atoms with Gasteiger partial charge in [-0.05, 0) is 17.3 Å². The van der Waals surface area contributed by atoms with Crippen molar-refractivity contribution in [1.29, 1.82) is 0 Å². The number of carboxylic acids is 1. The largest absolute Gasteiger partial charge is 0.480 e. The van der Waals surface area contributed by atoms with Gasteiger partial charge in [-0.15, -0.1) is 0 Å². The molecule has 3 N–H and O–H groups in total. The van der Waals surface area contributed by atoms with Gasteiger partial charge in [-0.2, -0.15) is 0 Å². The highest BCUT2D eigenvalue weighted by Crippen LogP contribution is 2.12. The summed E-state index contributed by atoms with van der Waals surface area (Å²) in [5, 5.41) is 9.33. The zero-order valence-corrected chi connectivity index (χ0v) is 13.2. The molecule has 0 saturated heterocycles. The summed E-state index contributed by atoms with van der Waals surface area (Å²) in [6.07, 6.45) is 2.05. The Morgan fingerprint density at radius 2 is 2.04 bits per heavy atom. The second-order valence-corrected chi connectivity index (χ2v) is 4.84. The maximum Gasteiger partial charge on any atom is 0.410 e. The Kier molecular flexibility index (Phi) is 7.32. The van der Waals surface area contributed by atoms with Crippen LogP contribution in [0.4, 0.5) is 4.79 Å². The van der Waals surface area contributed by atoms with Crippen LogP contribution in [0.3, 0.4) is 0 Å². The van der Waals surface area contributed by atoms with E-state index in [0.717, 1.165) is 10.5 Å². The standard InChI is InChI=1S/C16H21N3O4/c1-18-10-13(9-17)8-14(15(20)21)19(2)16(22)23-11-12-6-4-3-5-7-12/h3-7,9-10,14H,8,11,17H2,1-2H3,(H,20,21)/b13-9-,18-10?. The van der Waals surface area contributed by atoms with Gasteiger partial charge in [0.2, 0.25) is 0 Å². The van der Waals surface area contributed by atoms with Gasteiger partial charge in [0, 0.05) is 26.7 Å². The first-order valence-corrected chi connectivity index (χ1v) is 6.98. The van der Waals surface area contributed by atoms with Crippen molar-refractivity contribution < 1.29 is 19.4 Å². The van der Waals surface area contributed by atoms with Crippen molar-refractivity contribution >= 4 is 18.3 Å². The van der Waals surface area contributed by atoms with Crippen molar-refractivity contribution in [2.45, 2.75) is 19.1 Å². The van der Waals surface area contributed by atoms with Crippen LogP contribution in [0.25, 0.3) is 0 Å². The number of likely N-dealkylation sites (N-methyl/N-ethyl adjacent to an activating group) is 1. The maximum atomic E-state index is 12.0. The zero-order valence-electron chi connectivity index (χ0n) is 13.2. The number of ether oxygens (including phenoxy) is 1. The van der Waals surface area contributed by atoms with E-state index in [1.165, 1.54) is 19.5 Å². The molecule has 23 heavy (non-hydrogen) atoms. The molecule has 0 fully saturated rings. The van der Waals surface area contributed by atoms with E-state index in [9.17, 15) is 14.7 Å². The molecule has 1 unspecified atom stereocenters. The van der Waals surface area contributed by atoms with Crippen LogP contribution in [0.2, 0.25) is 0 Å². The lowest BCUT2D eigenvalue weighted by Crippen LogP contribution is -2.43. The van der Waals surface area contributed by atoms with E-state index < -0.39 is 18.1 Å². The van der Waals surface area contributed by atoms with Gasteiger partial charge in [0.05, 0.1) is 0 Å². The first-order valence-electron chi connectivity index (χ1n) is 6.98. The van der Waals surface area contributed by atoms with Gasteiger partial charge in [0.15, 0.2) is 0 Å². The Labute approximate surface area is 135 Å². The summed E-state index contributed by atoms with van der Waals surface area (Å²) in [4.78, 5) is 28.3. The highest BCUT2D eigenvalue weighted by molar-refractivity contribution is 5.84. The maximum absolute atomic E-state index is 12.0. The van der Waals surface area contributed by atoms with E-state index in [-0.39, 0.29) is 13.0 Å². The van der Waals surface area contributed by atoms with Crippen LogP contribution in [-0.4, -0.2) is 48.4 Å². The summed E-state index contributed by atoms with van der Waals surface area (Å²) >= 11 is 0. The van der Waals surface area contributed by atoms with E-state index in [1.54, 1.807) is 7.05 Å². The summed E-state index contributed by atoms with van der Waals surface area (Å²) in [6, 6.07) is 8.05. The lowest BCUT2D eigenvalue weighted by molar-refractivity contribution is -0.142. The van der Waals surface area contributed by atoms with E-state index >= 15 is 0 Å². The molecule has 1 aromatic carbocycles. The molecule has 1 rings (SSSR count). The SMILES string of the molecule is CN=C/C(=C\N)CC(C(=O)O)N(C)C(=O)OCc1ccccc1. The van der Waals surface area contributed by atoms with Gasteiger partial charge in [0.25, 0.3) is 0 Å². The molecule has 0 saturated carbocycles. The molecule has 0 spiro atoms. The smallest absolute Gasteiger partial charge is 0.410 e. The number of aliphatic imine (C=N–C) groups is 1. The first-order chi connectivity index (χ1) is 11.0. The average Bonchev–Trinajstić information content (AvgIpc) is 2.56. The minimum absolute atomic E-state index is 0.0418. The molecule has 0 aliphatic rings. The molecule has 0 heterocycles. The number of nitrogens with two attached hydrogens (primary N) is 1. The molecule has 1 amide bonds. The normalized spacial score (nSPS) is 12.9. The third-order valence-electron chi connectivity index (χ3n) is 3.18. The number of carbonyl (C=O) groups excluding carboxylic acids is 1. The van der Waals surface area contributed by atoms with Gasteiger partial charge in [-0.25, -0.2) is 9.59 Å². The van der Waals surface area contributed by atoms with Crippen molar-refractivity contribution in [2.75, 3.05) is 14.1 Å². The summed E-state index contributed by atoms with van der Waals surface area (Å²) < 4.78 is 5.14. The zero-order chi connectivity index (χ0) is 17.2. The van der Waals surface area contributed by atoms with E-state index in [4.69, 9.17) is 10.5 Å². The summed E-state index contributed by atoms with van der Waals surface area (Å²) in [7, 11) is 2.93. The number of rotatable bonds is 7. The number of benzene rings is 1. The van der Waals surface area contributed by atoms with Crippen molar-refractivity contribution in [1.82, 2.24) is 4.90 Å². The van der Waals surface area contributed by atoms with Crippen molar-refractivity contribution in [3.05, 3.63) is 47.7 Å². The van der Waals surface area contributed by atoms with Crippen LogP contribution in [0.5, 0.6) is 0 Å². The molecule has 0 aliphatic carbocycles. The molecule has 1 aromatic rings. The van der Waals surface area contributed by atoms with Gasteiger partial charge in [-0.1, -0.05) is 30.3 Å². The highest BCUT2D eigenvalue weighted by Gasteiger charge is 2.28. The summed E-state index contributed by atoms with van der Waals surface area (Å²) in [5.74, 6) is -1.15. The number of hydrogen-bond acceptors (Lipinski definition) is 5. The van der Waals surface area contributed by atoms with Crippen LogP contribution in [-0.2, 0) is 16.1 Å². The van der Waals surface area contributed by atoms with Crippen LogP contribution < -0.4 is 5.73 Å². The lowest BCUT2D eigenvalue weighted by atomic mass is 10.1. The number of aliphatic carboxylic acids is 1. The minimum Gasteiger partial charge on any atom is -0.480 e. The van der Waals surface area contributed by atoms with Gasteiger partial charge in [0.1, 0.15) is 12.6 Å². The quantitative estimate of drug-likeness (QED) is 0.743. The Morgan fingerprint density at radius 1 is 1.39 bits per heavy atom. The highest BCUT2D eigenvalue weighted by atomic mass is 16.6.